The minimum absolute atomic E-state index is 0.422. The summed E-state index contributed by atoms with van der Waals surface area (Å²) in [6, 6.07) is 0. The van der Waals surface area contributed by atoms with E-state index in [2.05, 4.69) is 13.8 Å². The van der Waals surface area contributed by atoms with Crippen LogP contribution in [0.25, 0.3) is 0 Å². The summed E-state index contributed by atoms with van der Waals surface area (Å²) in [5.41, 5.74) is 0. The van der Waals surface area contributed by atoms with Crippen molar-refractivity contribution >= 4 is 0 Å². The van der Waals surface area contributed by atoms with Gasteiger partial charge in [0.05, 0.1) is 0 Å². The van der Waals surface area contributed by atoms with Crippen LogP contribution < -0.4 is 0 Å². The summed E-state index contributed by atoms with van der Waals surface area (Å²) in [5.74, 6) is 2.57. The van der Waals surface area contributed by atoms with Crippen LogP contribution in [0.3, 0.4) is 0 Å². The van der Waals surface area contributed by atoms with Crippen LogP contribution in [0.15, 0.2) is 0 Å². The molecule has 0 aliphatic heterocycles. The van der Waals surface area contributed by atoms with Crippen molar-refractivity contribution in [2.24, 2.45) is 17.8 Å². The van der Waals surface area contributed by atoms with Crippen molar-refractivity contribution in [3.8, 4) is 0 Å². The van der Waals surface area contributed by atoms with Crippen LogP contribution in [0.4, 0.5) is 0 Å². The number of hydrogen-bond donors (Lipinski definition) is 1. The molecule has 1 fully saturated rings. The lowest BCUT2D eigenvalue weighted by Gasteiger charge is -2.33. The molecule has 0 radical (unpaired) electrons. The highest BCUT2D eigenvalue weighted by Crippen LogP contribution is 2.37. The van der Waals surface area contributed by atoms with E-state index in [1.165, 1.54) is 96.3 Å². The maximum Gasteiger partial charge on any atom is 0.0459 e. The second kappa shape index (κ2) is 13.4. The highest BCUT2D eigenvalue weighted by molar-refractivity contribution is 4.78. The first-order valence-corrected chi connectivity index (χ1v) is 10.4. The Morgan fingerprint density at radius 1 is 0.727 bits per heavy atom. The summed E-state index contributed by atoms with van der Waals surface area (Å²) in [5, 5.41) is 9.34. The lowest BCUT2D eigenvalue weighted by atomic mass is 9.73. The van der Waals surface area contributed by atoms with Gasteiger partial charge in [-0.25, -0.2) is 0 Å². The molecule has 1 nitrogen and oxygen atoms in total. The highest BCUT2D eigenvalue weighted by atomic mass is 16.3. The largest absolute Gasteiger partial charge is 0.396 e. The Morgan fingerprint density at radius 2 is 1.23 bits per heavy atom. The van der Waals surface area contributed by atoms with Crippen molar-refractivity contribution in [2.75, 3.05) is 6.61 Å². The van der Waals surface area contributed by atoms with Crippen molar-refractivity contribution < 1.29 is 5.11 Å². The molecule has 1 N–H and O–H groups in total. The molecular weight excluding hydrogens is 268 g/mol. The van der Waals surface area contributed by atoms with Gasteiger partial charge in [-0.3, -0.25) is 0 Å². The standard InChI is InChI=1S/C21H42O/c1-3-5-7-9-11-13-20(12-10-8-6-4-2)21-16-14-19(18-22)15-17-21/h19-22H,3-18H2,1-2H3/t19-,20?,21-. The fourth-order valence-corrected chi connectivity index (χ4v) is 4.30. The third-order valence-corrected chi connectivity index (χ3v) is 5.92. The minimum atomic E-state index is 0.422. The highest BCUT2D eigenvalue weighted by Gasteiger charge is 2.26. The van der Waals surface area contributed by atoms with E-state index >= 15 is 0 Å². The Balaban J connectivity index is 2.29. The number of aliphatic hydroxyl groups is 1. The lowest BCUT2D eigenvalue weighted by Crippen LogP contribution is -2.23. The van der Waals surface area contributed by atoms with Crippen molar-refractivity contribution in [3.63, 3.8) is 0 Å². The number of hydrogen-bond acceptors (Lipinski definition) is 1. The van der Waals surface area contributed by atoms with E-state index in [-0.39, 0.29) is 0 Å². The first-order valence-electron chi connectivity index (χ1n) is 10.4. The molecule has 132 valence electrons. The molecule has 0 saturated heterocycles. The van der Waals surface area contributed by atoms with Crippen LogP contribution in [-0.4, -0.2) is 11.7 Å². The van der Waals surface area contributed by atoms with E-state index in [0.29, 0.717) is 12.5 Å². The molecule has 1 unspecified atom stereocenters. The van der Waals surface area contributed by atoms with Crippen LogP contribution >= 0.6 is 0 Å². The molecule has 1 aliphatic rings. The number of rotatable bonds is 13. The molecule has 1 saturated carbocycles. The quantitative estimate of drug-likeness (QED) is 0.374. The average Bonchev–Trinajstić information content (AvgIpc) is 2.56. The first-order chi connectivity index (χ1) is 10.8. The minimum Gasteiger partial charge on any atom is -0.396 e. The van der Waals surface area contributed by atoms with E-state index in [9.17, 15) is 5.11 Å². The fourth-order valence-electron chi connectivity index (χ4n) is 4.30. The molecule has 0 amide bonds. The van der Waals surface area contributed by atoms with Gasteiger partial charge in [-0.1, -0.05) is 84.5 Å². The van der Waals surface area contributed by atoms with Gasteiger partial charge in [0.25, 0.3) is 0 Å². The molecule has 1 heteroatoms. The number of aliphatic hydroxyl groups excluding tert-OH is 1. The molecule has 0 spiro atoms. The average molecular weight is 311 g/mol. The Kier molecular flexibility index (Phi) is 12.2. The van der Waals surface area contributed by atoms with E-state index in [1.54, 1.807) is 0 Å². The second-order valence-electron chi connectivity index (χ2n) is 7.78. The van der Waals surface area contributed by atoms with E-state index in [4.69, 9.17) is 0 Å². The zero-order chi connectivity index (χ0) is 16.0. The van der Waals surface area contributed by atoms with Crippen LogP contribution in [0.1, 0.15) is 110 Å². The molecule has 0 bridgehead atoms. The predicted octanol–water partition coefficient (Wildman–Crippen LogP) is 6.73. The Bertz CT molecular complexity index is 230. The van der Waals surface area contributed by atoms with Crippen LogP contribution in [-0.2, 0) is 0 Å². The van der Waals surface area contributed by atoms with Crippen molar-refractivity contribution in [2.45, 2.75) is 110 Å². The zero-order valence-corrected chi connectivity index (χ0v) is 15.5. The van der Waals surface area contributed by atoms with Gasteiger partial charge in [0.2, 0.25) is 0 Å². The molecule has 0 aromatic heterocycles. The normalized spacial score (nSPS) is 23.6. The van der Waals surface area contributed by atoms with Gasteiger partial charge in [0.1, 0.15) is 0 Å². The van der Waals surface area contributed by atoms with Gasteiger partial charge in [-0.2, -0.15) is 0 Å². The lowest BCUT2D eigenvalue weighted by molar-refractivity contribution is 0.133. The molecule has 0 aromatic rings. The van der Waals surface area contributed by atoms with Gasteiger partial charge >= 0.3 is 0 Å². The summed E-state index contributed by atoms with van der Waals surface area (Å²) < 4.78 is 0. The van der Waals surface area contributed by atoms with Crippen molar-refractivity contribution in [1.29, 1.82) is 0 Å². The molecular formula is C21H42O. The second-order valence-corrected chi connectivity index (χ2v) is 7.78. The maximum absolute atomic E-state index is 9.34. The Morgan fingerprint density at radius 3 is 1.73 bits per heavy atom. The van der Waals surface area contributed by atoms with Gasteiger partial charge in [0, 0.05) is 6.61 Å². The smallest absolute Gasteiger partial charge is 0.0459 e. The summed E-state index contributed by atoms with van der Waals surface area (Å²) in [6.07, 6.45) is 21.1. The SMILES string of the molecule is CCCCCCCC(CCCCCC)[C@H]1CC[C@H](CO)CC1. The number of unbranched alkanes of at least 4 members (excludes halogenated alkanes) is 7. The first kappa shape index (κ1) is 20.0. The van der Waals surface area contributed by atoms with Gasteiger partial charge in [0.15, 0.2) is 0 Å². The third-order valence-electron chi connectivity index (χ3n) is 5.92. The Labute approximate surface area is 140 Å². The fraction of sp³-hybridized carbons (Fsp3) is 1.00. The Hall–Kier alpha value is -0.0400. The monoisotopic (exact) mass is 310 g/mol. The van der Waals surface area contributed by atoms with E-state index in [0.717, 1.165) is 11.8 Å². The van der Waals surface area contributed by atoms with Crippen LogP contribution in [0.2, 0.25) is 0 Å². The summed E-state index contributed by atoms with van der Waals surface area (Å²) in [7, 11) is 0. The molecule has 22 heavy (non-hydrogen) atoms. The molecule has 1 rings (SSSR count). The van der Waals surface area contributed by atoms with Gasteiger partial charge < -0.3 is 5.11 Å². The molecule has 0 aromatic carbocycles. The summed E-state index contributed by atoms with van der Waals surface area (Å²) in [4.78, 5) is 0. The maximum atomic E-state index is 9.34. The van der Waals surface area contributed by atoms with E-state index in [1.807, 2.05) is 0 Å². The van der Waals surface area contributed by atoms with Crippen molar-refractivity contribution in [1.82, 2.24) is 0 Å². The van der Waals surface area contributed by atoms with Crippen LogP contribution in [0.5, 0.6) is 0 Å². The van der Waals surface area contributed by atoms with Crippen molar-refractivity contribution in [3.05, 3.63) is 0 Å². The molecule has 1 atom stereocenters. The topological polar surface area (TPSA) is 20.2 Å². The summed E-state index contributed by atoms with van der Waals surface area (Å²) >= 11 is 0. The van der Waals surface area contributed by atoms with Gasteiger partial charge in [-0.15, -0.1) is 0 Å². The predicted molar refractivity (Wildman–Crippen MR) is 98.2 cm³/mol. The van der Waals surface area contributed by atoms with Crippen LogP contribution in [0, 0.1) is 17.8 Å². The molecule has 0 heterocycles. The zero-order valence-electron chi connectivity index (χ0n) is 15.5. The molecule has 1 aliphatic carbocycles. The third kappa shape index (κ3) is 8.56. The summed E-state index contributed by atoms with van der Waals surface area (Å²) in [6.45, 7) is 5.03. The van der Waals surface area contributed by atoms with E-state index < -0.39 is 0 Å². The van der Waals surface area contributed by atoms with Gasteiger partial charge in [-0.05, 0) is 43.4 Å².